The molecule has 1 aliphatic rings. The number of rotatable bonds is 9. The van der Waals surface area contributed by atoms with Crippen LogP contribution in [0.15, 0.2) is 29.2 Å². The molecule has 1 N–H and O–H groups in total. The zero-order valence-electron chi connectivity index (χ0n) is 13.8. The topological polar surface area (TPSA) is 29.1 Å². The molecule has 0 unspecified atom stereocenters. The first kappa shape index (κ1) is 17.1. The molecule has 120 valence electrons. The Morgan fingerprint density at radius 1 is 1.05 bits per heavy atom. The third-order valence-electron chi connectivity index (χ3n) is 3.98. The van der Waals surface area contributed by atoms with Crippen LogP contribution in [0.3, 0.4) is 0 Å². The van der Waals surface area contributed by atoms with Crippen molar-refractivity contribution in [3.05, 3.63) is 34.7 Å². The van der Waals surface area contributed by atoms with E-state index in [1.54, 1.807) is 0 Å². The molecular formula is C19H27NOS. The van der Waals surface area contributed by atoms with Crippen LogP contribution in [0, 0.1) is 0 Å². The lowest BCUT2D eigenvalue weighted by atomic mass is 10.0. The van der Waals surface area contributed by atoms with Crippen LogP contribution in [0.5, 0.6) is 0 Å². The van der Waals surface area contributed by atoms with E-state index in [0.29, 0.717) is 0 Å². The van der Waals surface area contributed by atoms with Gasteiger partial charge in [-0.2, -0.15) is 0 Å². The Labute approximate surface area is 138 Å². The molecule has 2 nitrogen and oxygen atoms in total. The van der Waals surface area contributed by atoms with Crippen LogP contribution >= 0.6 is 11.8 Å². The lowest BCUT2D eigenvalue weighted by Crippen LogP contribution is -2.05. The summed E-state index contributed by atoms with van der Waals surface area (Å²) in [7, 11) is 0. The van der Waals surface area contributed by atoms with Crippen molar-refractivity contribution in [2.45, 2.75) is 58.8 Å². The third-order valence-corrected chi connectivity index (χ3v) is 5.23. The summed E-state index contributed by atoms with van der Waals surface area (Å²) >= 11 is 1.90. The molecule has 1 amide bonds. The van der Waals surface area contributed by atoms with E-state index in [1.807, 2.05) is 30.0 Å². The summed E-state index contributed by atoms with van der Waals surface area (Å²) in [6.07, 6.45) is 8.45. The molecule has 1 aromatic carbocycles. The van der Waals surface area contributed by atoms with E-state index in [0.717, 1.165) is 41.8 Å². The van der Waals surface area contributed by atoms with Gasteiger partial charge in [-0.15, -0.1) is 11.8 Å². The summed E-state index contributed by atoms with van der Waals surface area (Å²) < 4.78 is 0. The summed E-state index contributed by atoms with van der Waals surface area (Å²) in [5.41, 5.74) is 2.97. The van der Waals surface area contributed by atoms with E-state index in [-0.39, 0.29) is 5.91 Å². The van der Waals surface area contributed by atoms with Crippen LogP contribution < -0.4 is 5.32 Å². The standard InChI is InChI=1S/C19H27NOS/c1-3-5-7-10-14-22-17(13-6-4-2)18-15-11-8-9-12-16(15)20-19(18)21/h8-9,11-12H,3-7,10,13-14H2,1-2H3,(H,20,21)/b18-17-. The third kappa shape index (κ3) is 4.39. The van der Waals surface area contributed by atoms with Gasteiger partial charge in [0.05, 0.1) is 5.57 Å². The number of allylic oxidation sites excluding steroid dienone is 1. The van der Waals surface area contributed by atoms with Gasteiger partial charge in [-0.25, -0.2) is 0 Å². The van der Waals surface area contributed by atoms with Crippen molar-refractivity contribution in [1.29, 1.82) is 0 Å². The van der Waals surface area contributed by atoms with Gasteiger partial charge >= 0.3 is 0 Å². The molecule has 3 heteroatoms. The molecule has 0 aliphatic carbocycles. The largest absolute Gasteiger partial charge is 0.321 e. The van der Waals surface area contributed by atoms with Crippen LogP contribution in [-0.4, -0.2) is 11.7 Å². The lowest BCUT2D eigenvalue weighted by Gasteiger charge is -2.10. The Balaban J connectivity index is 2.14. The number of para-hydroxylation sites is 1. The van der Waals surface area contributed by atoms with Crippen LogP contribution in [0.25, 0.3) is 5.57 Å². The summed E-state index contributed by atoms with van der Waals surface area (Å²) in [5, 5.41) is 3.00. The van der Waals surface area contributed by atoms with E-state index < -0.39 is 0 Å². The van der Waals surface area contributed by atoms with Gasteiger partial charge in [-0.1, -0.05) is 57.7 Å². The van der Waals surface area contributed by atoms with Crippen molar-refractivity contribution in [3.8, 4) is 0 Å². The first-order chi connectivity index (χ1) is 10.8. The maximum absolute atomic E-state index is 12.4. The van der Waals surface area contributed by atoms with Crippen molar-refractivity contribution in [2.24, 2.45) is 0 Å². The van der Waals surface area contributed by atoms with Crippen molar-refractivity contribution in [1.82, 2.24) is 0 Å². The molecule has 0 saturated carbocycles. The number of hydrogen-bond acceptors (Lipinski definition) is 2. The minimum atomic E-state index is 0.0772. The molecule has 0 spiro atoms. The van der Waals surface area contributed by atoms with E-state index in [1.165, 1.54) is 30.6 Å². The van der Waals surface area contributed by atoms with Gasteiger partial charge in [0.15, 0.2) is 0 Å². The van der Waals surface area contributed by atoms with Gasteiger partial charge in [0.25, 0.3) is 5.91 Å². The first-order valence-corrected chi connectivity index (χ1v) is 9.53. The minimum Gasteiger partial charge on any atom is -0.321 e. The molecule has 0 fully saturated rings. The number of unbranched alkanes of at least 4 members (excludes halogenated alkanes) is 4. The van der Waals surface area contributed by atoms with Crippen LogP contribution in [0.4, 0.5) is 5.69 Å². The zero-order chi connectivity index (χ0) is 15.8. The fourth-order valence-electron chi connectivity index (χ4n) is 2.72. The fourth-order valence-corrected chi connectivity index (χ4v) is 3.96. The Morgan fingerprint density at radius 3 is 2.59 bits per heavy atom. The Bertz CT molecular complexity index is 536. The molecule has 22 heavy (non-hydrogen) atoms. The van der Waals surface area contributed by atoms with Crippen LogP contribution in [0.1, 0.15) is 64.4 Å². The van der Waals surface area contributed by atoms with E-state index in [2.05, 4.69) is 25.2 Å². The zero-order valence-corrected chi connectivity index (χ0v) is 14.6. The van der Waals surface area contributed by atoms with Crippen molar-refractivity contribution in [3.63, 3.8) is 0 Å². The van der Waals surface area contributed by atoms with Gasteiger partial charge in [0.1, 0.15) is 0 Å². The summed E-state index contributed by atoms with van der Waals surface area (Å²) in [6.45, 7) is 4.44. The summed E-state index contributed by atoms with van der Waals surface area (Å²) in [6, 6.07) is 8.05. The predicted molar refractivity (Wildman–Crippen MR) is 98.1 cm³/mol. The van der Waals surface area contributed by atoms with Crippen molar-refractivity contribution < 1.29 is 4.79 Å². The SMILES string of the molecule is CCCCCCS/C(CCCC)=C1\C(=O)Nc2ccccc21. The molecule has 1 heterocycles. The number of amides is 1. The normalized spacial score (nSPS) is 15.6. The highest BCUT2D eigenvalue weighted by atomic mass is 32.2. The molecule has 0 bridgehead atoms. The maximum atomic E-state index is 12.4. The molecule has 2 rings (SSSR count). The van der Waals surface area contributed by atoms with Gasteiger partial charge < -0.3 is 5.32 Å². The quantitative estimate of drug-likeness (QED) is 0.457. The number of anilines is 1. The number of nitrogens with one attached hydrogen (secondary N) is 1. The predicted octanol–water partition coefficient (Wildman–Crippen LogP) is 5.85. The molecular weight excluding hydrogens is 290 g/mol. The lowest BCUT2D eigenvalue weighted by molar-refractivity contribution is -0.110. The maximum Gasteiger partial charge on any atom is 0.257 e. The van der Waals surface area contributed by atoms with Gasteiger partial charge in [-0.3, -0.25) is 4.79 Å². The highest BCUT2D eigenvalue weighted by Crippen LogP contribution is 2.39. The number of thioether (sulfide) groups is 1. The molecule has 0 atom stereocenters. The molecule has 1 aliphatic heterocycles. The average molecular weight is 317 g/mol. The monoisotopic (exact) mass is 317 g/mol. The van der Waals surface area contributed by atoms with Crippen LogP contribution in [0.2, 0.25) is 0 Å². The molecule has 1 aromatic rings. The second-order valence-electron chi connectivity index (χ2n) is 5.81. The number of carbonyl (C=O) groups excluding carboxylic acids is 1. The number of benzene rings is 1. The first-order valence-electron chi connectivity index (χ1n) is 8.54. The summed E-state index contributed by atoms with van der Waals surface area (Å²) in [5.74, 6) is 1.20. The Morgan fingerprint density at radius 2 is 1.82 bits per heavy atom. The Kier molecular flexibility index (Phi) is 7.04. The molecule has 0 aromatic heterocycles. The second-order valence-corrected chi connectivity index (χ2v) is 7.00. The van der Waals surface area contributed by atoms with Crippen LogP contribution in [-0.2, 0) is 4.79 Å². The average Bonchev–Trinajstić information content (AvgIpc) is 2.86. The summed E-state index contributed by atoms with van der Waals surface area (Å²) in [4.78, 5) is 13.7. The van der Waals surface area contributed by atoms with Gasteiger partial charge in [0, 0.05) is 11.3 Å². The smallest absolute Gasteiger partial charge is 0.257 e. The molecule has 0 saturated heterocycles. The van der Waals surface area contributed by atoms with E-state index in [4.69, 9.17) is 0 Å². The van der Waals surface area contributed by atoms with Crippen molar-refractivity contribution >= 4 is 28.9 Å². The number of carbonyl (C=O) groups is 1. The highest BCUT2D eigenvalue weighted by Gasteiger charge is 2.26. The number of hydrogen-bond donors (Lipinski definition) is 1. The molecule has 0 radical (unpaired) electrons. The Hall–Kier alpha value is -1.22. The van der Waals surface area contributed by atoms with Crippen molar-refractivity contribution in [2.75, 3.05) is 11.1 Å². The minimum absolute atomic E-state index is 0.0772. The van der Waals surface area contributed by atoms with Gasteiger partial charge in [-0.05, 0) is 36.0 Å². The highest BCUT2D eigenvalue weighted by molar-refractivity contribution is 8.03. The van der Waals surface area contributed by atoms with Gasteiger partial charge in [0.2, 0.25) is 0 Å². The van der Waals surface area contributed by atoms with E-state index >= 15 is 0 Å². The van der Waals surface area contributed by atoms with E-state index in [9.17, 15) is 4.79 Å². The fraction of sp³-hybridized carbons (Fsp3) is 0.526. The number of fused-ring (bicyclic) bond motifs is 1. The second kappa shape index (κ2) is 9.04.